The maximum Gasteiger partial charge on any atom is 0.416 e. The smallest absolute Gasteiger partial charge is 0.416 e. The predicted molar refractivity (Wildman–Crippen MR) is 118 cm³/mol. The predicted octanol–water partition coefficient (Wildman–Crippen LogP) is 5.77. The second-order valence-electron chi connectivity index (χ2n) is 8.17. The number of benzene rings is 3. The van der Waals surface area contributed by atoms with Crippen molar-refractivity contribution in [2.45, 2.75) is 32.0 Å². The second kappa shape index (κ2) is 9.20. The number of halogens is 3. The van der Waals surface area contributed by atoms with Gasteiger partial charge in [-0.2, -0.15) is 13.2 Å². The third-order valence-corrected chi connectivity index (χ3v) is 5.96. The molecule has 0 bridgehead atoms. The van der Waals surface area contributed by atoms with Gasteiger partial charge in [0, 0.05) is 17.0 Å². The molecule has 3 aromatic rings. The van der Waals surface area contributed by atoms with E-state index in [-0.39, 0.29) is 11.9 Å². The lowest BCUT2D eigenvalue weighted by atomic mass is 9.91. The van der Waals surface area contributed by atoms with Crippen LogP contribution in [-0.2, 0) is 6.18 Å². The average Bonchev–Trinajstić information content (AvgIpc) is 2.79. The highest BCUT2D eigenvalue weighted by atomic mass is 19.4. The van der Waals surface area contributed by atoms with Gasteiger partial charge >= 0.3 is 6.18 Å². The number of amides is 1. The van der Waals surface area contributed by atoms with E-state index in [0.29, 0.717) is 23.0 Å². The molecule has 0 aromatic heterocycles. The fourth-order valence-corrected chi connectivity index (χ4v) is 4.08. The van der Waals surface area contributed by atoms with Crippen LogP contribution in [0.25, 0.3) is 10.8 Å². The van der Waals surface area contributed by atoms with E-state index in [0.717, 1.165) is 48.8 Å². The summed E-state index contributed by atoms with van der Waals surface area (Å²) in [6.45, 7) is 4.00. The van der Waals surface area contributed by atoms with Crippen LogP contribution in [0.2, 0.25) is 0 Å². The Morgan fingerprint density at radius 1 is 1.06 bits per heavy atom. The molecule has 1 amide bonds. The quantitative estimate of drug-likeness (QED) is 0.528. The highest BCUT2D eigenvalue weighted by molar-refractivity contribution is 6.00. The van der Waals surface area contributed by atoms with Gasteiger partial charge in [-0.05, 0) is 92.7 Å². The summed E-state index contributed by atoms with van der Waals surface area (Å²) in [4.78, 5) is 12.8. The lowest BCUT2D eigenvalue weighted by Crippen LogP contribution is -2.42. The maximum absolute atomic E-state index is 12.8. The molecule has 1 saturated heterocycles. The van der Waals surface area contributed by atoms with E-state index >= 15 is 0 Å². The van der Waals surface area contributed by atoms with Crippen LogP contribution in [0.3, 0.4) is 0 Å². The lowest BCUT2D eigenvalue weighted by Gasteiger charge is -2.28. The summed E-state index contributed by atoms with van der Waals surface area (Å²) in [6.07, 6.45) is -2.30. The van der Waals surface area contributed by atoms with Crippen molar-refractivity contribution >= 4 is 16.7 Å². The van der Waals surface area contributed by atoms with Crippen LogP contribution < -0.4 is 15.4 Å². The van der Waals surface area contributed by atoms with Crippen LogP contribution in [0.5, 0.6) is 11.5 Å². The first-order valence-corrected chi connectivity index (χ1v) is 10.7. The Bertz CT molecular complexity index is 1090. The minimum absolute atomic E-state index is 0.0923. The number of alkyl halides is 3. The van der Waals surface area contributed by atoms with Crippen molar-refractivity contribution in [1.82, 2.24) is 10.6 Å². The molecule has 3 aromatic carbocycles. The molecule has 0 aliphatic carbocycles. The molecule has 1 heterocycles. The van der Waals surface area contributed by atoms with Crippen molar-refractivity contribution in [3.63, 3.8) is 0 Å². The molecule has 1 aliphatic heterocycles. The van der Waals surface area contributed by atoms with E-state index in [1.807, 2.05) is 13.0 Å². The molecular formula is C25H25F3N2O2. The molecule has 7 heteroatoms. The highest BCUT2D eigenvalue weighted by Crippen LogP contribution is 2.33. The fraction of sp³-hybridized carbons (Fsp3) is 0.320. The zero-order chi connectivity index (χ0) is 22.7. The summed E-state index contributed by atoms with van der Waals surface area (Å²) in [7, 11) is 0. The molecule has 0 radical (unpaired) electrons. The summed E-state index contributed by atoms with van der Waals surface area (Å²) in [5.41, 5.74) is -0.165. The summed E-state index contributed by atoms with van der Waals surface area (Å²) >= 11 is 0. The van der Waals surface area contributed by atoms with Gasteiger partial charge in [-0.1, -0.05) is 12.1 Å². The van der Waals surface area contributed by atoms with Crippen LogP contribution in [0.15, 0.2) is 60.7 Å². The first kappa shape index (κ1) is 22.1. The lowest BCUT2D eigenvalue weighted by molar-refractivity contribution is -0.137. The normalized spacial score (nSPS) is 16.0. The van der Waals surface area contributed by atoms with Gasteiger partial charge in [-0.25, -0.2) is 0 Å². The molecule has 1 fully saturated rings. The largest absolute Gasteiger partial charge is 0.457 e. The Kier molecular flexibility index (Phi) is 6.37. The monoisotopic (exact) mass is 442 g/mol. The third kappa shape index (κ3) is 5.05. The molecule has 0 spiro atoms. The Morgan fingerprint density at radius 3 is 2.47 bits per heavy atom. The molecule has 1 atom stereocenters. The van der Waals surface area contributed by atoms with Crippen LogP contribution in [0.1, 0.15) is 35.7 Å². The Morgan fingerprint density at radius 2 is 1.78 bits per heavy atom. The van der Waals surface area contributed by atoms with E-state index in [4.69, 9.17) is 4.74 Å². The Hall–Kier alpha value is -3.06. The first-order valence-electron chi connectivity index (χ1n) is 10.7. The first-order chi connectivity index (χ1) is 15.3. The van der Waals surface area contributed by atoms with Crippen LogP contribution in [0, 0.1) is 5.92 Å². The van der Waals surface area contributed by atoms with E-state index in [2.05, 4.69) is 10.6 Å². The van der Waals surface area contributed by atoms with Crippen LogP contribution in [-0.4, -0.2) is 25.0 Å². The van der Waals surface area contributed by atoms with Gasteiger partial charge in [-0.3, -0.25) is 4.79 Å². The Labute approximate surface area is 184 Å². The van der Waals surface area contributed by atoms with E-state index in [1.54, 1.807) is 30.3 Å². The van der Waals surface area contributed by atoms with Crippen molar-refractivity contribution in [2.24, 2.45) is 5.92 Å². The number of piperidine rings is 1. The zero-order valence-electron chi connectivity index (χ0n) is 17.7. The third-order valence-electron chi connectivity index (χ3n) is 5.96. The topological polar surface area (TPSA) is 50.4 Å². The van der Waals surface area contributed by atoms with Crippen LogP contribution >= 0.6 is 0 Å². The number of nitrogens with one attached hydrogen (secondary N) is 2. The van der Waals surface area contributed by atoms with Gasteiger partial charge in [0.25, 0.3) is 5.91 Å². The number of carbonyl (C=O) groups excluding carboxylic acids is 1. The van der Waals surface area contributed by atoms with Gasteiger partial charge < -0.3 is 15.4 Å². The standard InChI is InChI=1S/C25H25F3N2O2/c1-16(17-11-13-29-14-12-17)30-24(31)19-5-10-22-18(15-19)3-2-4-23(22)32-21-8-6-20(7-9-21)25(26,27)28/h2-10,15-17,29H,11-14H2,1H3,(H,30,31)/t16-/m1/s1. The number of ether oxygens (including phenoxy) is 1. The van der Waals surface area contributed by atoms with Crippen molar-refractivity contribution in [3.05, 3.63) is 71.8 Å². The van der Waals surface area contributed by atoms with Gasteiger partial charge in [0.05, 0.1) is 5.56 Å². The number of hydrogen-bond donors (Lipinski definition) is 2. The SMILES string of the molecule is C[C@@H](NC(=O)c1ccc2c(Oc3ccc(C(F)(F)F)cc3)cccc2c1)C1CCNCC1. The van der Waals surface area contributed by atoms with Crippen molar-refractivity contribution in [1.29, 1.82) is 0 Å². The van der Waals surface area contributed by atoms with Gasteiger partial charge in [-0.15, -0.1) is 0 Å². The van der Waals surface area contributed by atoms with Crippen molar-refractivity contribution in [3.8, 4) is 11.5 Å². The van der Waals surface area contributed by atoms with E-state index < -0.39 is 11.7 Å². The molecule has 0 saturated carbocycles. The number of carbonyl (C=O) groups is 1. The van der Waals surface area contributed by atoms with E-state index in [1.165, 1.54) is 12.1 Å². The summed E-state index contributed by atoms with van der Waals surface area (Å²) in [6, 6.07) is 15.4. The molecule has 4 nitrogen and oxygen atoms in total. The molecule has 2 N–H and O–H groups in total. The highest BCUT2D eigenvalue weighted by Gasteiger charge is 2.30. The molecule has 4 rings (SSSR count). The summed E-state index contributed by atoms with van der Waals surface area (Å²) < 4.78 is 44.1. The van der Waals surface area contributed by atoms with Crippen LogP contribution in [0.4, 0.5) is 13.2 Å². The number of fused-ring (bicyclic) bond motifs is 1. The average molecular weight is 442 g/mol. The maximum atomic E-state index is 12.8. The minimum atomic E-state index is -4.39. The molecular weight excluding hydrogens is 417 g/mol. The number of hydrogen-bond acceptors (Lipinski definition) is 3. The summed E-state index contributed by atoms with van der Waals surface area (Å²) in [5.74, 6) is 1.16. The summed E-state index contributed by atoms with van der Waals surface area (Å²) in [5, 5.41) is 8.03. The van der Waals surface area contributed by atoms with Gasteiger partial charge in [0.1, 0.15) is 11.5 Å². The van der Waals surface area contributed by atoms with Crippen molar-refractivity contribution < 1.29 is 22.7 Å². The molecule has 1 aliphatic rings. The van der Waals surface area contributed by atoms with E-state index in [9.17, 15) is 18.0 Å². The van der Waals surface area contributed by atoms with Gasteiger partial charge in [0.15, 0.2) is 0 Å². The minimum Gasteiger partial charge on any atom is -0.457 e. The molecule has 0 unspecified atom stereocenters. The fourth-order valence-electron chi connectivity index (χ4n) is 4.08. The van der Waals surface area contributed by atoms with Crippen molar-refractivity contribution in [2.75, 3.05) is 13.1 Å². The molecule has 168 valence electrons. The Balaban J connectivity index is 1.50. The van der Waals surface area contributed by atoms with Gasteiger partial charge in [0.2, 0.25) is 0 Å². The second-order valence-corrected chi connectivity index (χ2v) is 8.17. The zero-order valence-corrected chi connectivity index (χ0v) is 17.7. The molecule has 32 heavy (non-hydrogen) atoms. The number of rotatable bonds is 5.